The van der Waals surface area contributed by atoms with E-state index in [1.165, 1.54) is 12.1 Å². The second-order valence-electron chi connectivity index (χ2n) is 7.46. The van der Waals surface area contributed by atoms with Gasteiger partial charge in [0.1, 0.15) is 12.4 Å². The third-order valence-corrected chi connectivity index (χ3v) is 6.88. The highest BCUT2D eigenvalue weighted by Crippen LogP contribution is 2.24. The number of carbonyl (C=O) groups is 1. The van der Waals surface area contributed by atoms with Crippen molar-refractivity contribution in [2.24, 2.45) is 0 Å². The standard InChI is InChI=1S/C22H28FN3O4S/c1-18-3-7-20(8-4-18)26(31(28,29)21-9-5-19(23)6-10-21)17-22(27)24-11-2-12-25-13-15-30-16-14-25/h3-10H,2,11-17H2,1H3,(H,24,27). The first kappa shape index (κ1) is 23.2. The number of hydrogen-bond acceptors (Lipinski definition) is 5. The van der Waals surface area contributed by atoms with E-state index in [2.05, 4.69) is 10.2 Å². The third kappa shape index (κ3) is 6.49. The molecule has 0 spiro atoms. The average molecular weight is 450 g/mol. The Hall–Kier alpha value is -2.49. The molecule has 0 radical (unpaired) electrons. The maximum atomic E-state index is 13.3. The molecule has 0 bridgehead atoms. The zero-order chi connectivity index (χ0) is 22.3. The molecule has 2 aromatic carbocycles. The number of ether oxygens (including phenoxy) is 1. The molecule has 1 saturated heterocycles. The van der Waals surface area contributed by atoms with Gasteiger partial charge in [-0.2, -0.15) is 0 Å². The van der Waals surface area contributed by atoms with Crippen LogP contribution in [0.15, 0.2) is 53.4 Å². The van der Waals surface area contributed by atoms with Crippen LogP contribution in [-0.2, 0) is 19.6 Å². The smallest absolute Gasteiger partial charge is 0.264 e. The molecule has 3 rings (SSSR count). The summed E-state index contributed by atoms with van der Waals surface area (Å²) in [6.07, 6.45) is 0.765. The first-order valence-electron chi connectivity index (χ1n) is 10.3. The van der Waals surface area contributed by atoms with E-state index in [9.17, 15) is 17.6 Å². The Bertz CT molecular complexity index is 959. The van der Waals surface area contributed by atoms with E-state index < -0.39 is 21.7 Å². The lowest BCUT2D eigenvalue weighted by Crippen LogP contribution is -2.42. The van der Waals surface area contributed by atoms with Gasteiger partial charge in [0.15, 0.2) is 0 Å². The molecule has 1 heterocycles. The fourth-order valence-corrected chi connectivity index (χ4v) is 4.72. The molecule has 0 atom stereocenters. The van der Waals surface area contributed by atoms with E-state index in [1.54, 1.807) is 24.3 Å². The SMILES string of the molecule is Cc1ccc(N(CC(=O)NCCCN2CCOCC2)S(=O)(=O)c2ccc(F)cc2)cc1. The van der Waals surface area contributed by atoms with Crippen molar-refractivity contribution in [2.75, 3.05) is 50.2 Å². The van der Waals surface area contributed by atoms with Gasteiger partial charge in [-0.1, -0.05) is 17.7 Å². The largest absolute Gasteiger partial charge is 0.379 e. The molecule has 1 aliphatic rings. The Labute approximate surface area is 182 Å². The Balaban J connectivity index is 1.67. The van der Waals surface area contributed by atoms with Crippen LogP contribution < -0.4 is 9.62 Å². The van der Waals surface area contributed by atoms with Crippen LogP contribution in [-0.4, -0.2) is 65.2 Å². The van der Waals surface area contributed by atoms with Crippen molar-refractivity contribution in [1.82, 2.24) is 10.2 Å². The first-order chi connectivity index (χ1) is 14.9. The topological polar surface area (TPSA) is 79.0 Å². The van der Waals surface area contributed by atoms with Gasteiger partial charge in [-0.15, -0.1) is 0 Å². The maximum absolute atomic E-state index is 13.3. The number of morpholine rings is 1. The van der Waals surface area contributed by atoms with Crippen molar-refractivity contribution in [3.8, 4) is 0 Å². The average Bonchev–Trinajstić information content (AvgIpc) is 2.77. The summed E-state index contributed by atoms with van der Waals surface area (Å²) in [5.41, 5.74) is 1.34. The number of sulfonamides is 1. The van der Waals surface area contributed by atoms with Gasteiger partial charge in [0.05, 0.1) is 23.8 Å². The van der Waals surface area contributed by atoms with Crippen LogP contribution in [0.4, 0.5) is 10.1 Å². The number of nitrogens with one attached hydrogen (secondary N) is 1. The second-order valence-corrected chi connectivity index (χ2v) is 9.32. The molecule has 2 aromatic rings. The molecule has 1 fully saturated rings. The molecule has 1 aliphatic heterocycles. The van der Waals surface area contributed by atoms with Crippen molar-refractivity contribution in [1.29, 1.82) is 0 Å². The van der Waals surface area contributed by atoms with Gasteiger partial charge >= 0.3 is 0 Å². The zero-order valence-corrected chi connectivity index (χ0v) is 18.4. The van der Waals surface area contributed by atoms with Crippen LogP contribution >= 0.6 is 0 Å². The summed E-state index contributed by atoms with van der Waals surface area (Å²) in [7, 11) is -4.04. The van der Waals surface area contributed by atoms with Gasteiger partial charge in [-0.25, -0.2) is 12.8 Å². The summed E-state index contributed by atoms with van der Waals surface area (Å²) in [6.45, 7) is 6.03. The predicted octanol–water partition coefficient (Wildman–Crippen LogP) is 2.17. The van der Waals surface area contributed by atoms with Crippen molar-refractivity contribution in [3.05, 3.63) is 59.9 Å². The lowest BCUT2D eigenvalue weighted by Gasteiger charge is -2.26. The molecule has 1 amide bonds. The van der Waals surface area contributed by atoms with Crippen LogP contribution in [0.25, 0.3) is 0 Å². The molecule has 1 N–H and O–H groups in total. The molecular weight excluding hydrogens is 421 g/mol. The fourth-order valence-electron chi connectivity index (χ4n) is 3.30. The van der Waals surface area contributed by atoms with Crippen LogP contribution in [0, 0.1) is 12.7 Å². The minimum Gasteiger partial charge on any atom is -0.379 e. The number of anilines is 1. The van der Waals surface area contributed by atoms with E-state index in [1.807, 2.05) is 6.92 Å². The second kappa shape index (κ2) is 10.7. The monoisotopic (exact) mass is 449 g/mol. The summed E-state index contributed by atoms with van der Waals surface area (Å²) in [4.78, 5) is 14.8. The van der Waals surface area contributed by atoms with Gasteiger partial charge in [0.2, 0.25) is 5.91 Å². The molecule has 168 valence electrons. The quantitative estimate of drug-likeness (QED) is 0.594. The normalized spacial score (nSPS) is 14.9. The van der Waals surface area contributed by atoms with Gasteiger partial charge in [-0.05, 0) is 56.3 Å². The molecule has 31 heavy (non-hydrogen) atoms. The number of carbonyl (C=O) groups excluding carboxylic acids is 1. The number of benzene rings is 2. The Kier molecular flexibility index (Phi) is 8.00. The van der Waals surface area contributed by atoms with Gasteiger partial charge in [0, 0.05) is 19.6 Å². The van der Waals surface area contributed by atoms with Crippen molar-refractivity contribution in [3.63, 3.8) is 0 Å². The van der Waals surface area contributed by atoms with Crippen LogP contribution in [0.2, 0.25) is 0 Å². The minimum atomic E-state index is -4.04. The summed E-state index contributed by atoms with van der Waals surface area (Å²) >= 11 is 0. The van der Waals surface area contributed by atoms with Crippen molar-refractivity contribution < 1.29 is 22.3 Å². The molecule has 9 heteroatoms. The highest BCUT2D eigenvalue weighted by atomic mass is 32.2. The molecule has 7 nitrogen and oxygen atoms in total. The van der Waals surface area contributed by atoms with Crippen molar-refractivity contribution in [2.45, 2.75) is 18.2 Å². The van der Waals surface area contributed by atoms with E-state index in [4.69, 9.17) is 4.74 Å². The van der Waals surface area contributed by atoms with E-state index in [0.29, 0.717) is 12.2 Å². The number of aryl methyl sites for hydroxylation is 1. The molecule has 0 saturated carbocycles. The Morgan fingerprint density at radius 2 is 1.74 bits per heavy atom. The van der Waals surface area contributed by atoms with Crippen LogP contribution in [0.3, 0.4) is 0 Å². The summed E-state index contributed by atoms with van der Waals surface area (Å²) < 4.78 is 46.1. The zero-order valence-electron chi connectivity index (χ0n) is 17.6. The van der Waals surface area contributed by atoms with Gasteiger partial charge in [-0.3, -0.25) is 14.0 Å². The Morgan fingerprint density at radius 3 is 2.39 bits per heavy atom. The fraction of sp³-hybridized carbons (Fsp3) is 0.409. The molecule has 0 aliphatic carbocycles. The Morgan fingerprint density at radius 1 is 1.10 bits per heavy atom. The summed E-state index contributed by atoms with van der Waals surface area (Å²) in [5.74, 6) is -0.924. The lowest BCUT2D eigenvalue weighted by atomic mass is 10.2. The summed E-state index contributed by atoms with van der Waals surface area (Å²) in [5, 5.41) is 2.80. The van der Waals surface area contributed by atoms with E-state index in [0.717, 1.165) is 61.3 Å². The van der Waals surface area contributed by atoms with E-state index >= 15 is 0 Å². The highest BCUT2D eigenvalue weighted by Gasteiger charge is 2.27. The predicted molar refractivity (Wildman–Crippen MR) is 117 cm³/mol. The molecule has 0 aromatic heterocycles. The number of rotatable bonds is 9. The first-order valence-corrected chi connectivity index (χ1v) is 11.7. The highest BCUT2D eigenvalue weighted by molar-refractivity contribution is 7.92. The van der Waals surface area contributed by atoms with Crippen LogP contribution in [0.1, 0.15) is 12.0 Å². The minimum absolute atomic E-state index is 0.0745. The third-order valence-electron chi connectivity index (χ3n) is 5.09. The number of hydrogen-bond donors (Lipinski definition) is 1. The molecular formula is C22H28FN3O4S. The summed E-state index contributed by atoms with van der Waals surface area (Å²) in [6, 6.07) is 11.5. The van der Waals surface area contributed by atoms with Crippen molar-refractivity contribution >= 4 is 21.6 Å². The lowest BCUT2D eigenvalue weighted by molar-refractivity contribution is -0.119. The van der Waals surface area contributed by atoms with Crippen LogP contribution in [0.5, 0.6) is 0 Å². The number of nitrogens with zero attached hydrogens (tertiary/aromatic N) is 2. The number of halogens is 1. The maximum Gasteiger partial charge on any atom is 0.264 e. The number of amides is 1. The van der Waals surface area contributed by atoms with E-state index in [-0.39, 0.29) is 11.4 Å². The molecule has 0 unspecified atom stereocenters. The van der Waals surface area contributed by atoms with Gasteiger partial charge in [0.25, 0.3) is 10.0 Å². The van der Waals surface area contributed by atoms with Gasteiger partial charge < -0.3 is 10.1 Å².